The zero-order valence-electron chi connectivity index (χ0n) is 18.4. The highest BCUT2D eigenvalue weighted by Crippen LogP contribution is 2.30. The summed E-state index contributed by atoms with van der Waals surface area (Å²) in [7, 11) is 0. The summed E-state index contributed by atoms with van der Waals surface area (Å²) in [5.74, 6) is -0.716. The lowest BCUT2D eigenvalue weighted by Crippen LogP contribution is -2.50. The van der Waals surface area contributed by atoms with Crippen LogP contribution >= 0.6 is 0 Å². The average Bonchev–Trinajstić information content (AvgIpc) is 3.37. The van der Waals surface area contributed by atoms with E-state index in [0.29, 0.717) is 37.6 Å². The molecule has 0 saturated carbocycles. The molecule has 1 aliphatic rings. The molecule has 4 aromatic rings. The molecule has 34 heavy (non-hydrogen) atoms. The van der Waals surface area contributed by atoms with E-state index in [1.54, 1.807) is 47.6 Å². The van der Waals surface area contributed by atoms with Crippen LogP contribution in [0.2, 0.25) is 0 Å². The normalized spacial score (nSPS) is 14.5. The Balaban J connectivity index is 1.31. The summed E-state index contributed by atoms with van der Waals surface area (Å²) in [6, 6.07) is 18.0. The number of carbonyl (C=O) groups is 1. The first kappa shape index (κ1) is 21.9. The van der Waals surface area contributed by atoms with Gasteiger partial charge in [-0.15, -0.1) is 0 Å². The molecular weight excluding hydrogens is 436 g/mol. The predicted molar refractivity (Wildman–Crippen MR) is 124 cm³/mol. The zero-order chi connectivity index (χ0) is 23.5. The van der Waals surface area contributed by atoms with Crippen molar-refractivity contribution in [2.24, 2.45) is 0 Å². The Labute approximate surface area is 195 Å². The van der Waals surface area contributed by atoms with Crippen molar-refractivity contribution in [1.29, 1.82) is 0 Å². The van der Waals surface area contributed by atoms with Crippen molar-refractivity contribution in [3.8, 4) is 11.3 Å². The first-order valence-electron chi connectivity index (χ1n) is 11.1. The zero-order valence-corrected chi connectivity index (χ0v) is 18.4. The molecule has 2 aromatic heterocycles. The fourth-order valence-corrected chi connectivity index (χ4v) is 4.35. The van der Waals surface area contributed by atoms with Crippen molar-refractivity contribution in [2.45, 2.75) is 6.04 Å². The van der Waals surface area contributed by atoms with Gasteiger partial charge in [0.1, 0.15) is 17.3 Å². The third-order valence-corrected chi connectivity index (χ3v) is 6.10. The molecule has 1 N–H and O–H groups in total. The second kappa shape index (κ2) is 9.52. The van der Waals surface area contributed by atoms with Gasteiger partial charge in [-0.2, -0.15) is 5.10 Å². The molecule has 1 saturated heterocycles. The largest absolute Gasteiger partial charge is 0.335 e. The highest BCUT2D eigenvalue weighted by molar-refractivity contribution is 5.93. The fourth-order valence-electron chi connectivity index (χ4n) is 4.35. The lowest BCUT2D eigenvalue weighted by molar-refractivity contribution is 0.0591. The fraction of sp³-hybridized carbons (Fsp3) is 0.192. The molecule has 1 fully saturated rings. The third kappa shape index (κ3) is 4.58. The van der Waals surface area contributed by atoms with Crippen LogP contribution in [0.1, 0.15) is 27.7 Å². The highest BCUT2D eigenvalue weighted by Gasteiger charge is 2.29. The number of hydrogen-bond acceptors (Lipinski definition) is 4. The van der Waals surface area contributed by atoms with E-state index in [1.165, 1.54) is 24.3 Å². The van der Waals surface area contributed by atoms with Gasteiger partial charge in [-0.3, -0.25) is 19.8 Å². The van der Waals surface area contributed by atoms with Crippen LogP contribution in [0.4, 0.5) is 8.78 Å². The van der Waals surface area contributed by atoms with E-state index in [0.717, 1.165) is 16.7 Å². The minimum Gasteiger partial charge on any atom is -0.335 e. The number of benzene rings is 2. The number of aromatic nitrogens is 3. The Hall–Kier alpha value is -3.91. The van der Waals surface area contributed by atoms with E-state index in [1.807, 2.05) is 12.1 Å². The van der Waals surface area contributed by atoms with E-state index in [-0.39, 0.29) is 23.6 Å². The first-order valence-corrected chi connectivity index (χ1v) is 11.1. The Kier molecular flexibility index (Phi) is 6.14. The van der Waals surface area contributed by atoms with Gasteiger partial charge in [0.2, 0.25) is 0 Å². The standard InChI is InChI=1S/C26H23F2N5O/c27-21-7-3-18(4-8-21)25(19-5-9-22(28)10-6-19)32-12-14-33(15-13-32)26(34)24-16-23(30-31-24)20-2-1-11-29-17-20/h1-11,16-17,25H,12-15H2,(H,30,31). The molecule has 172 valence electrons. The van der Waals surface area contributed by atoms with Gasteiger partial charge >= 0.3 is 0 Å². The summed E-state index contributed by atoms with van der Waals surface area (Å²) in [6.45, 7) is 2.29. The van der Waals surface area contributed by atoms with Crippen molar-refractivity contribution in [2.75, 3.05) is 26.2 Å². The first-order chi connectivity index (χ1) is 16.6. The van der Waals surface area contributed by atoms with Crippen molar-refractivity contribution in [3.05, 3.63) is 108 Å². The third-order valence-electron chi connectivity index (χ3n) is 6.10. The van der Waals surface area contributed by atoms with Gasteiger partial charge in [0, 0.05) is 44.1 Å². The van der Waals surface area contributed by atoms with Crippen LogP contribution < -0.4 is 0 Å². The minimum absolute atomic E-state index is 0.109. The summed E-state index contributed by atoms with van der Waals surface area (Å²) in [5, 5.41) is 7.10. The number of hydrogen-bond donors (Lipinski definition) is 1. The van der Waals surface area contributed by atoms with Gasteiger partial charge in [0.05, 0.1) is 11.7 Å². The molecule has 6 nitrogen and oxygen atoms in total. The molecule has 0 atom stereocenters. The van der Waals surface area contributed by atoms with Crippen LogP contribution in [0.25, 0.3) is 11.3 Å². The maximum Gasteiger partial charge on any atom is 0.271 e. The van der Waals surface area contributed by atoms with Crippen LogP contribution in [0.3, 0.4) is 0 Å². The van der Waals surface area contributed by atoms with Crippen molar-refractivity contribution >= 4 is 5.91 Å². The Morgan fingerprint density at radius 3 is 2.06 bits per heavy atom. The second-order valence-electron chi connectivity index (χ2n) is 8.24. The Morgan fingerprint density at radius 1 is 0.882 bits per heavy atom. The molecule has 3 heterocycles. The van der Waals surface area contributed by atoms with Crippen molar-refractivity contribution in [1.82, 2.24) is 25.0 Å². The quantitative estimate of drug-likeness (QED) is 0.483. The molecule has 0 bridgehead atoms. The number of amides is 1. The molecular formula is C26H23F2N5O. The van der Waals surface area contributed by atoms with Gasteiger partial charge in [-0.25, -0.2) is 8.78 Å². The number of piperazine rings is 1. The van der Waals surface area contributed by atoms with Crippen LogP contribution in [0.15, 0.2) is 79.1 Å². The number of aromatic amines is 1. The molecule has 1 aliphatic heterocycles. The van der Waals surface area contributed by atoms with Gasteiger partial charge in [0.25, 0.3) is 5.91 Å². The lowest BCUT2D eigenvalue weighted by atomic mass is 9.96. The minimum atomic E-state index is -0.303. The number of nitrogens with zero attached hydrogens (tertiary/aromatic N) is 4. The van der Waals surface area contributed by atoms with Crippen LogP contribution in [0.5, 0.6) is 0 Å². The highest BCUT2D eigenvalue weighted by atomic mass is 19.1. The van der Waals surface area contributed by atoms with Gasteiger partial charge in [0.15, 0.2) is 0 Å². The van der Waals surface area contributed by atoms with E-state index in [2.05, 4.69) is 20.1 Å². The van der Waals surface area contributed by atoms with E-state index < -0.39 is 0 Å². The second-order valence-corrected chi connectivity index (χ2v) is 8.24. The van der Waals surface area contributed by atoms with E-state index in [9.17, 15) is 13.6 Å². The topological polar surface area (TPSA) is 65.1 Å². The molecule has 0 aliphatic carbocycles. The summed E-state index contributed by atoms with van der Waals surface area (Å²) < 4.78 is 27.1. The summed E-state index contributed by atoms with van der Waals surface area (Å²) in [6.07, 6.45) is 3.39. The van der Waals surface area contributed by atoms with Crippen LogP contribution in [-0.4, -0.2) is 57.1 Å². The van der Waals surface area contributed by atoms with Gasteiger partial charge in [-0.1, -0.05) is 24.3 Å². The van der Waals surface area contributed by atoms with Crippen LogP contribution in [0, 0.1) is 11.6 Å². The maximum atomic E-state index is 13.5. The molecule has 1 amide bonds. The lowest BCUT2D eigenvalue weighted by Gasteiger charge is -2.39. The molecule has 0 spiro atoms. The summed E-state index contributed by atoms with van der Waals surface area (Å²) in [4.78, 5) is 21.2. The van der Waals surface area contributed by atoms with Crippen LogP contribution in [-0.2, 0) is 0 Å². The molecule has 8 heteroatoms. The van der Waals surface area contributed by atoms with E-state index >= 15 is 0 Å². The average molecular weight is 460 g/mol. The maximum absolute atomic E-state index is 13.5. The number of nitrogens with one attached hydrogen (secondary N) is 1. The predicted octanol–water partition coefficient (Wildman–Crippen LogP) is 4.30. The molecule has 0 unspecified atom stereocenters. The number of halogens is 2. The van der Waals surface area contributed by atoms with Crippen molar-refractivity contribution in [3.63, 3.8) is 0 Å². The smallest absolute Gasteiger partial charge is 0.271 e. The Bertz CT molecular complexity index is 1210. The molecule has 5 rings (SSSR count). The number of rotatable bonds is 5. The SMILES string of the molecule is O=C(c1cc(-c2cccnc2)n[nH]1)N1CCN(C(c2ccc(F)cc2)c2ccc(F)cc2)CC1. The summed E-state index contributed by atoms with van der Waals surface area (Å²) in [5.41, 5.74) is 3.78. The summed E-state index contributed by atoms with van der Waals surface area (Å²) >= 11 is 0. The number of H-pyrrole nitrogens is 1. The van der Waals surface area contributed by atoms with Gasteiger partial charge in [-0.05, 0) is 53.6 Å². The molecule has 2 aromatic carbocycles. The molecule has 0 radical (unpaired) electrons. The number of carbonyl (C=O) groups excluding carboxylic acids is 1. The van der Waals surface area contributed by atoms with Crippen molar-refractivity contribution < 1.29 is 13.6 Å². The number of pyridine rings is 1. The van der Waals surface area contributed by atoms with E-state index in [4.69, 9.17) is 0 Å². The monoisotopic (exact) mass is 459 g/mol. The Morgan fingerprint density at radius 2 is 1.50 bits per heavy atom. The van der Waals surface area contributed by atoms with Gasteiger partial charge < -0.3 is 4.90 Å².